The maximum atomic E-state index is 13.7. The molecule has 1 unspecified atom stereocenters. The average Bonchev–Trinajstić information content (AvgIpc) is 3.06. The Morgan fingerprint density at radius 1 is 0.761 bits per heavy atom. The van der Waals surface area contributed by atoms with Crippen LogP contribution in [0, 0.1) is 12.7 Å². The summed E-state index contributed by atoms with van der Waals surface area (Å²) in [4.78, 5) is 40.8. The van der Waals surface area contributed by atoms with Gasteiger partial charge in [-0.1, -0.05) is 96.0 Å². The highest BCUT2D eigenvalue weighted by atomic mass is 35.5. The Hall–Kier alpha value is -5.18. The van der Waals surface area contributed by atoms with Crippen molar-refractivity contribution >= 4 is 58.5 Å². The van der Waals surface area contributed by atoms with Crippen molar-refractivity contribution in [2.75, 3.05) is 10.6 Å². The third-order valence-electron chi connectivity index (χ3n) is 6.76. The molecule has 6 nitrogen and oxygen atoms in total. The zero-order valence-corrected chi connectivity index (χ0v) is 26.2. The van der Waals surface area contributed by atoms with Gasteiger partial charge in [-0.05, 0) is 72.7 Å². The number of halogens is 2. The second-order valence-electron chi connectivity index (χ2n) is 10.3. The highest BCUT2D eigenvalue weighted by Crippen LogP contribution is 2.37. The van der Waals surface area contributed by atoms with Crippen LogP contribution in [0.4, 0.5) is 15.8 Å². The molecule has 5 aromatic carbocycles. The first-order valence-corrected chi connectivity index (χ1v) is 15.5. The van der Waals surface area contributed by atoms with E-state index >= 15 is 0 Å². The van der Waals surface area contributed by atoms with Crippen LogP contribution in [0.2, 0.25) is 5.02 Å². The van der Waals surface area contributed by atoms with Crippen molar-refractivity contribution < 1.29 is 18.8 Å². The summed E-state index contributed by atoms with van der Waals surface area (Å²) < 4.78 is 13.7. The van der Waals surface area contributed by atoms with Crippen LogP contribution in [-0.2, 0) is 9.59 Å². The lowest BCUT2D eigenvalue weighted by molar-refractivity contribution is -0.116. The summed E-state index contributed by atoms with van der Waals surface area (Å²) in [5, 5.41) is 7.68. The highest BCUT2D eigenvalue weighted by molar-refractivity contribution is 8.00. The van der Waals surface area contributed by atoms with Gasteiger partial charge >= 0.3 is 0 Å². The van der Waals surface area contributed by atoms with E-state index in [1.54, 1.807) is 48.5 Å². The molecule has 0 fully saturated rings. The van der Waals surface area contributed by atoms with Crippen LogP contribution in [0.25, 0.3) is 6.08 Å². The predicted molar refractivity (Wildman–Crippen MR) is 183 cm³/mol. The van der Waals surface area contributed by atoms with Gasteiger partial charge in [-0.25, -0.2) is 4.39 Å². The van der Waals surface area contributed by atoms with Gasteiger partial charge in [0.2, 0.25) is 5.91 Å². The third kappa shape index (κ3) is 8.72. The molecule has 3 amide bonds. The van der Waals surface area contributed by atoms with E-state index in [1.165, 1.54) is 30.0 Å². The quantitative estimate of drug-likeness (QED) is 0.104. The topological polar surface area (TPSA) is 87.3 Å². The molecule has 5 aromatic rings. The number of carbonyl (C=O) groups is 3. The van der Waals surface area contributed by atoms with Gasteiger partial charge in [0, 0.05) is 21.8 Å². The Morgan fingerprint density at radius 2 is 1.46 bits per heavy atom. The fourth-order valence-electron chi connectivity index (χ4n) is 4.53. The van der Waals surface area contributed by atoms with Crippen LogP contribution in [0.3, 0.4) is 0 Å². The molecule has 5 rings (SSSR count). The molecule has 0 aliphatic carbocycles. The summed E-state index contributed by atoms with van der Waals surface area (Å²) in [6, 6.07) is 36.5. The van der Waals surface area contributed by atoms with Crippen molar-refractivity contribution in [3.05, 3.63) is 166 Å². The number of hydrogen-bond acceptors (Lipinski definition) is 4. The van der Waals surface area contributed by atoms with Gasteiger partial charge in [0.25, 0.3) is 11.8 Å². The Labute approximate surface area is 275 Å². The Balaban J connectivity index is 1.38. The second-order valence-corrected chi connectivity index (χ2v) is 11.9. The van der Waals surface area contributed by atoms with E-state index in [0.717, 1.165) is 16.7 Å². The number of carbonyl (C=O) groups excluding carboxylic acids is 3. The normalized spacial score (nSPS) is 11.8. The Bertz CT molecular complexity index is 1900. The summed E-state index contributed by atoms with van der Waals surface area (Å²) in [6.07, 6.45) is 1.62. The van der Waals surface area contributed by atoms with Crippen LogP contribution in [-0.4, -0.2) is 17.7 Å². The van der Waals surface area contributed by atoms with Gasteiger partial charge < -0.3 is 16.0 Å². The Morgan fingerprint density at radius 3 is 2.17 bits per heavy atom. The average molecular weight is 650 g/mol. The monoisotopic (exact) mass is 649 g/mol. The maximum absolute atomic E-state index is 13.7. The minimum absolute atomic E-state index is 0.0667. The van der Waals surface area contributed by atoms with E-state index in [2.05, 4.69) is 16.0 Å². The van der Waals surface area contributed by atoms with Gasteiger partial charge in [-0.15, -0.1) is 11.8 Å². The van der Waals surface area contributed by atoms with Crippen LogP contribution < -0.4 is 16.0 Å². The molecule has 0 bridgehead atoms. The van der Waals surface area contributed by atoms with Gasteiger partial charge in [0.15, 0.2) is 0 Å². The van der Waals surface area contributed by atoms with Crippen LogP contribution in [0.5, 0.6) is 0 Å². The number of thioether (sulfide) groups is 1. The van der Waals surface area contributed by atoms with E-state index < -0.39 is 22.9 Å². The second kappa shape index (κ2) is 15.2. The fourth-order valence-corrected chi connectivity index (χ4v) is 5.80. The number of benzene rings is 5. The summed E-state index contributed by atoms with van der Waals surface area (Å²) in [7, 11) is 0. The first-order valence-electron chi connectivity index (χ1n) is 14.3. The number of aryl methyl sites for hydroxylation is 1. The molecule has 230 valence electrons. The van der Waals surface area contributed by atoms with Crippen molar-refractivity contribution in [1.82, 2.24) is 5.32 Å². The molecule has 9 heteroatoms. The SMILES string of the molecule is Cc1cccc(/C=C(/NC(=O)c2ccccc2)C(=O)Nc2cccc(SC(C(=O)Nc3ccc(F)c(Cl)c3)c3ccccc3)c2)c1. The summed E-state index contributed by atoms with van der Waals surface area (Å²) in [5.41, 5.74) is 3.82. The molecule has 0 aliphatic rings. The smallest absolute Gasteiger partial charge is 0.272 e. The van der Waals surface area contributed by atoms with E-state index in [1.807, 2.05) is 73.7 Å². The van der Waals surface area contributed by atoms with Crippen LogP contribution in [0.15, 0.2) is 138 Å². The van der Waals surface area contributed by atoms with Crippen molar-refractivity contribution in [2.45, 2.75) is 17.1 Å². The predicted octanol–water partition coefficient (Wildman–Crippen LogP) is 8.67. The van der Waals surface area contributed by atoms with Gasteiger partial charge in [-0.3, -0.25) is 14.4 Å². The summed E-state index contributed by atoms with van der Waals surface area (Å²) >= 11 is 7.21. The number of amides is 3. The van der Waals surface area contributed by atoms with Crippen LogP contribution >= 0.6 is 23.4 Å². The van der Waals surface area contributed by atoms with Crippen molar-refractivity contribution in [1.29, 1.82) is 0 Å². The molecule has 0 heterocycles. The molecule has 3 N–H and O–H groups in total. The van der Waals surface area contributed by atoms with Gasteiger partial charge in [0.05, 0.1) is 5.02 Å². The molecular formula is C37H29ClFN3O3S. The highest BCUT2D eigenvalue weighted by Gasteiger charge is 2.23. The molecule has 0 saturated carbocycles. The van der Waals surface area contributed by atoms with Crippen LogP contribution in [0.1, 0.15) is 32.3 Å². The fraction of sp³-hybridized carbons (Fsp3) is 0.0541. The van der Waals surface area contributed by atoms with E-state index in [4.69, 9.17) is 11.6 Å². The third-order valence-corrected chi connectivity index (χ3v) is 8.29. The van der Waals surface area contributed by atoms with Crippen molar-refractivity contribution in [3.8, 4) is 0 Å². The number of rotatable bonds is 10. The van der Waals surface area contributed by atoms with Crippen molar-refractivity contribution in [3.63, 3.8) is 0 Å². The standard InChI is InChI=1S/C37H29ClFN3O3S/c1-24-10-8-11-25(20-24)21-33(42-35(43)27-14-6-3-7-15-27)36(44)40-28-16-9-17-30(22-28)46-34(26-12-4-2-5-13-26)37(45)41-29-18-19-32(39)31(38)23-29/h2-23,34H,1H3,(H,40,44)(H,41,45)(H,42,43)/b33-21+. The first-order chi connectivity index (χ1) is 22.2. The molecule has 0 aromatic heterocycles. The number of hydrogen-bond donors (Lipinski definition) is 3. The van der Waals surface area contributed by atoms with E-state index in [0.29, 0.717) is 21.8 Å². The zero-order chi connectivity index (χ0) is 32.5. The minimum Gasteiger partial charge on any atom is -0.325 e. The largest absolute Gasteiger partial charge is 0.325 e. The van der Waals surface area contributed by atoms with Gasteiger partial charge in [0.1, 0.15) is 16.8 Å². The zero-order valence-electron chi connectivity index (χ0n) is 24.7. The van der Waals surface area contributed by atoms with Crippen molar-refractivity contribution in [2.24, 2.45) is 0 Å². The van der Waals surface area contributed by atoms with E-state index in [9.17, 15) is 18.8 Å². The minimum atomic E-state index is -0.682. The molecular weight excluding hydrogens is 621 g/mol. The molecule has 0 aliphatic heterocycles. The number of nitrogens with one attached hydrogen (secondary N) is 3. The molecule has 0 spiro atoms. The maximum Gasteiger partial charge on any atom is 0.272 e. The van der Waals surface area contributed by atoms with Gasteiger partial charge in [-0.2, -0.15) is 0 Å². The first kappa shape index (κ1) is 32.2. The summed E-state index contributed by atoms with van der Waals surface area (Å²) in [6.45, 7) is 1.95. The Kier molecular flexibility index (Phi) is 10.7. The van der Waals surface area contributed by atoms with E-state index in [-0.39, 0.29) is 16.6 Å². The number of anilines is 2. The molecule has 0 radical (unpaired) electrons. The lowest BCUT2D eigenvalue weighted by Crippen LogP contribution is -2.30. The molecule has 46 heavy (non-hydrogen) atoms. The lowest BCUT2D eigenvalue weighted by Gasteiger charge is -2.18. The molecule has 0 saturated heterocycles. The lowest BCUT2D eigenvalue weighted by atomic mass is 10.1. The molecule has 1 atom stereocenters. The summed E-state index contributed by atoms with van der Waals surface area (Å²) in [5.74, 6) is -1.85.